The number of nitrogens with zero attached hydrogens (tertiary/aromatic N) is 2. The molecule has 34 heavy (non-hydrogen) atoms. The molecule has 6 aliphatic rings. The summed E-state index contributed by atoms with van der Waals surface area (Å²) in [6.07, 6.45) is 5.28. The second-order valence-electron chi connectivity index (χ2n) is 11.5. The van der Waals surface area contributed by atoms with Crippen molar-refractivity contribution in [1.82, 2.24) is 4.90 Å². The first-order chi connectivity index (χ1) is 16.4. The first-order valence-electron chi connectivity index (χ1n) is 13.3. The van der Waals surface area contributed by atoms with Gasteiger partial charge < -0.3 is 14.4 Å². The molecule has 5 heterocycles. The van der Waals surface area contributed by atoms with Crippen molar-refractivity contribution in [1.29, 1.82) is 0 Å². The molecule has 188 valence electrons. The lowest BCUT2D eigenvalue weighted by atomic mass is 9.57. The van der Waals surface area contributed by atoms with E-state index in [0.717, 1.165) is 57.0 Å². The monoisotopic (exact) mass is 490 g/mol. The van der Waals surface area contributed by atoms with Crippen LogP contribution in [0.25, 0.3) is 0 Å². The average Bonchev–Trinajstić information content (AvgIpc) is 3.07. The van der Waals surface area contributed by atoms with Crippen LogP contribution in [0.5, 0.6) is 0 Å². The number of fused-ring (bicyclic) bond motifs is 2. The molecule has 1 aromatic rings. The van der Waals surface area contributed by atoms with Gasteiger partial charge in [-0.25, -0.2) is 9.78 Å². The Labute approximate surface area is 208 Å². The third kappa shape index (κ3) is 3.89. The van der Waals surface area contributed by atoms with Crippen molar-refractivity contribution in [2.24, 2.45) is 23.7 Å². The highest BCUT2D eigenvalue weighted by atomic mass is 35.5. The Morgan fingerprint density at radius 1 is 0.971 bits per heavy atom. The summed E-state index contributed by atoms with van der Waals surface area (Å²) < 4.78 is 13.3. The molecule has 0 aromatic heterocycles. The maximum Gasteiger partial charge on any atom is 0.201 e. The summed E-state index contributed by atoms with van der Waals surface area (Å²) in [6, 6.07) is 8.20. The van der Waals surface area contributed by atoms with E-state index >= 15 is 0 Å². The Balaban J connectivity index is 1.11. The molecule has 0 N–H and O–H groups in total. The minimum atomic E-state index is -0.694. The molecule has 6 nitrogen and oxygen atoms in total. The molecule has 0 amide bonds. The Morgan fingerprint density at radius 2 is 1.74 bits per heavy atom. The van der Waals surface area contributed by atoms with Crippen LogP contribution in [0.4, 0.5) is 5.69 Å². The number of anilines is 1. The smallest absolute Gasteiger partial charge is 0.201 e. The number of halogens is 1. The third-order valence-electron chi connectivity index (χ3n) is 9.59. The summed E-state index contributed by atoms with van der Waals surface area (Å²) >= 11 is 6.06. The lowest BCUT2D eigenvalue weighted by Gasteiger charge is -2.60. The van der Waals surface area contributed by atoms with Gasteiger partial charge >= 0.3 is 0 Å². The SMILES string of the molecule is C[C@H]1[C@@H](CCN2CCN(c3ccc(Cl)cc3)CC2)O[C@@H]2O[C@]3(C)CC[C@H]4[C@H](C)CC[C@@H]1[C@@]24OO3. The van der Waals surface area contributed by atoms with Gasteiger partial charge in [-0.2, -0.15) is 0 Å². The first kappa shape index (κ1) is 23.5. The minimum Gasteiger partial charge on any atom is -0.369 e. The zero-order chi connectivity index (χ0) is 23.5. The van der Waals surface area contributed by atoms with Crippen molar-refractivity contribution in [3.05, 3.63) is 29.3 Å². The van der Waals surface area contributed by atoms with Crippen LogP contribution in [0.15, 0.2) is 24.3 Å². The van der Waals surface area contributed by atoms with Crippen LogP contribution in [-0.2, 0) is 19.2 Å². The second-order valence-corrected chi connectivity index (χ2v) is 12.0. The van der Waals surface area contributed by atoms with E-state index in [1.54, 1.807) is 0 Å². The van der Waals surface area contributed by atoms with Crippen molar-refractivity contribution in [2.75, 3.05) is 37.6 Å². The predicted octanol–water partition coefficient (Wildman–Crippen LogP) is 5.10. The topological polar surface area (TPSA) is 43.4 Å². The van der Waals surface area contributed by atoms with Crippen molar-refractivity contribution < 1.29 is 19.2 Å². The molecule has 1 aromatic carbocycles. The van der Waals surface area contributed by atoms with E-state index < -0.39 is 11.4 Å². The van der Waals surface area contributed by atoms with Crippen LogP contribution in [0.3, 0.4) is 0 Å². The van der Waals surface area contributed by atoms with Crippen molar-refractivity contribution in [3.63, 3.8) is 0 Å². The van der Waals surface area contributed by atoms with E-state index in [0.29, 0.717) is 23.7 Å². The lowest BCUT2D eigenvalue weighted by molar-refractivity contribution is -0.571. The maximum atomic E-state index is 6.77. The molecule has 0 radical (unpaired) electrons. The summed E-state index contributed by atoms with van der Waals surface area (Å²) in [6.45, 7) is 12.0. The summed E-state index contributed by atoms with van der Waals surface area (Å²) in [7, 11) is 0. The normalized spacial score (nSPS) is 44.5. The van der Waals surface area contributed by atoms with Gasteiger partial charge in [0, 0.05) is 55.8 Å². The van der Waals surface area contributed by atoms with Gasteiger partial charge in [-0.1, -0.05) is 25.4 Å². The Morgan fingerprint density at radius 3 is 2.50 bits per heavy atom. The van der Waals surface area contributed by atoms with Crippen molar-refractivity contribution in [3.8, 4) is 0 Å². The highest BCUT2D eigenvalue weighted by Gasteiger charge is 2.69. The average molecular weight is 491 g/mol. The van der Waals surface area contributed by atoms with Gasteiger partial charge in [-0.15, -0.1) is 0 Å². The summed E-state index contributed by atoms with van der Waals surface area (Å²) in [5.41, 5.74) is 0.810. The van der Waals surface area contributed by atoms with Crippen LogP contribution in [-0.4, -0.2) is 61.4 Å². The molecule has 5 saturated heterocycles. The third-order valence-corrected chi connectivity index (χ3v) is 9.84. The summed E-state index contributed by atoms with van der Waals surface area (Å²) in [5, 5.41) is 0.793. The highest BCUT2D eigenvalue weighted by molar-refractivity contribution is 6.30. The Hall–Kier alpha value is -0.890. The van der Waals surface area contributed by atoms with Gasteiger partial charge in [0.1, 0.15) is 0 Å². The molecule has 1 spiro atoms. The summed E-state index contributed by atoms with van der Waals surface area (Å²) in [4.78, 5) is 17.3. The zero-order valence-electron chi connectivity index (χ0n) is 20.7. The molecule has 7 heteroatoms. The zero-order valence-corrected chi connectivity index (χ0v) is 21.5. The number of hydrogen-bond donors (Lipinski definition) is 0. The molecule has 1 aliphatic carbocycles. The maximum absolute atomic E-state index is 6.77. The fourth-order valence-electron chi connectivity index (χ4n) is 7.50. The molecular weight excluding hydrogens is 452 g/mol. The molecule has 1 saturated carbocycles. The Bertz CT molecular complexity index is 878. The molecule has 2 bridgehead atoms. The van der Waals surface area contributed by atoms with Gasteiger partial charge in [-0.05, 0) is 74.6 Å². The number of hydrogen-bond acceptors (Lipinski definition) is 6. The van der Waals surface area contributed by atoms with Crippen LogP contribution in [0.2, 0.25) is 5.02 Å². The number of ether oxygens (including phenoxy) is 2. The first-order valence-corrected chi connectivity index (χ1v) is 13.7. The fraction of sp³-hybridized carbons (Fsp3) is 0.778. The number of rotatable bonds is 4. The molecule has 5 aliphatic heterocycles. The van der Waals surface area contributed by atoms with E-state index in [-0.39, 0.29) is 12.4 Å². The minimum absolute atomic E-state index is 0.190. The van der Waals surface area contributed by atoms with Crippen molar-refractivity contribution in [2.45, 2.75) is 76.7 Å². The molecule has 8 atom stereocenters. The Kier molecular flexibility index (Phi) is 6.15. The van der Waals surface area contributed by atoms with Crippen LogP contribution in [0.1, 0.15) is 52.9 Å². The van der Waals surface area contributed by atoms with Gasteiger partial charge in [0.05, 0.1) is 6.10 Å². The lowest BCUT2D eigenvalue weighted by Crippen LogP contribution is -2.70. The van der Waals surface area contributed by atoms with E-state index in [1.165, 1.54) is 18.5 Å². The number of benzene rings is 1. The fourth-order valence-corrected chi connectivity index (χ4v) is 7.63. The van der Waals surface area contributed by atoms with E-state index in [1.807, 2.05) is 19.1 Å². The second kappa shape index (κ2) is 8.89. The van der Waals surface area contributed by atoms with E-state index in [4.69, 9.17) is 30.8 Å². The highest BCUT2D eigenvalue weighted by Crippen LogP contribution is 2.60. The van der Waals surface area contributed by atoms with Crippen molar-refractivity contribution >= 4 is 17.3 Å². The summed E-state index contributed by atoms with van der Waals surface area (Å²) in [5.74, 6) is 1.19. The van der Waals surface area contributed by atoms with E-state index in [2.05, 4.69) is 35.8 Å². The van der Waals surface area contributed by atoms with Gasteiger partial charge in [-0.3, -0.25) is 4.90 Å². The molecule has 7 rings (SSSR count). The quantitative estimate of drug-likeness (QED) is 0.547. The molecule has 6 fully saturated rings. The standard InChI is InChI=1S/C27H39ClN2O4/c1-18-4-9-23-19(2)24(31-25-27(23)22(18)10-12-26(3,32-25)33-34-27)11-13-29-14-16-30(17-15-29)21-7-5-20(28)6-8-21/h5-8,18-19,22-25H,4,9-17H2,1-3H3/t18-,19-,22+,23+,24-,25-,26+,27-/m1/s1. The van der Waals surface area contributed by atoms with Crippen LogP contribution >= 0.6 is 11.6 Å². The van der Waals surface area contributed by atoms with E-state index in [9.17, 15) is 0 Å². The number of piperazine rings is 1. The molecule has 0 unspecified atom stereocenters. The van der Waals surface area contributed by atoms with Crippen LogP contribution in [0, 0.1) is 23.7 Å². The predicted molar refractivity (Wildman–Crippen MR) is 132 cm³/mol. The largest absolute Gasteiger partial charge is 0.369 e. The van der Waals surface area contributed by atoms with Gasteiger partial charge in [0.25, 0.3) is 0 Å². The van der Waals surface area contributed by atoms with Gasteiger partial charge in [0.15, 0.2) is 11.9 Å². The molecular formula is C27H39ClN2O4. The van der Waals surface area contributed by atoms with Gasteiger partial charge in [0.2, 0.25) is 5.79 Å². The van der Waals surface area contributed by atoms with Crippen LogP contribution < -0.4 is 4.90 Å².